The van der Waals surface area contributed by atoms with Gasteiger partial charge in [-0.15, -0.1) is 11.3 Å². The van der Waals surface area contributed by atoms with Gasteiger partial charge in [0, 0.05) is 41.7 Å². The quantitative estimate of drug-likeness (QED) is 0.941. The minimum Gasteiger partial charge on any atom is -0.378 e. The van der Waals surface area contributed by atoms with E-state index in [9.17, 15) is 4.79 Å². The van der Waals surface area contributed by atoms with E-state index in [1.165, 1.54) is 10.4 Å². The standard InChI is InChI=1S/C18H20N2O2S/c21-18(19-15-10-13-4-9-23-17(13)12-15)14-2-1-3-16(11-14)20-5-7-22-8-6-20/h1-4,9,11,15H,5-8,10,12H2,(H,19,21). The number of fused-ring (bicyclic) bond motifs is 1. The highest BCUT2D eigenvalue weighted by Crippen LogP contribution is 2.27. The third-order valence-electron chi connectivity index (χ3n) is 4.56. The van der Waals surface area contributed by atoms with Gasteiger partial charge in [0.2, 0.25) is 0 Å². The summed E-state index contributed by atoms with van der Waals surface area (Å²) in [5.41, 5.74) is 3.23. The molecule has 0 radical (unpaired) electrons. The summed E-state index contributed by atoms with van der Waals surface area (Å²) < 4.78 is 5.39. The number of hydrogen-bond donors (Lipinski definition) is 1. The van der Waals surface area contributed by atoms with Gasteiger partial charge in [-0.1, -0.05) is 6.07 Å². The van der Waals surface area contributed by atoms with Crippen LogP contribution in [0.5, 0.6) is 0 Å². The number of benzene rings is 1. The summed E-state index contributed by atoms with van der Waals surface area (Å²) in [6.45, 7) is 3.27. The van der Waals surface area contributed by atoms with Gasteiger partial charge in [0.1, 0.15) is 0 Å². The molecule has 1 aromatic carbocycles. The van der Waals surface area contributed by atoms with Gasteiger partial charge >= 0.3 is 0 Å². The molecule has 2 heterocycles. The van der Waals surface area contributed by atoms with E-state index in [2.05, 4.69) is 27.7 Å². The van der Waals surface area contributed by atoms with Crippen molar-refractivity contribution in [3.63, 3.8) is 0 Å². The molecular weight excluding hydrogens is 308 g/mol. The maximum Gasteiger partial charge on any atom is 0.251 e. The predicted octanol–water partition coefficient (Wildman–Crippen LogP) is 2.48. The molecule has 5 heteroatoms. The number of thiophene rings is 1. The van der Waals surface area contributed by atoms with Crippen LogP contribution in [0.25, 0.3) is 0 Å². The van der Waals surface area contributed by atoms with Crippen molar-refractivity contribution < 1.29 is 9.53 Å². The van der Waals surface area contributed by atoms with Crippen LogP contribution < -0.4 is 10.2 Å². The molecule has 1 amide bonds. The van der Waals surface area contributed by atoms with Crippen LogP contribution in [0.15, 0.2) is 35.7 Å². The predicted molar refractivity (Wildman–Crippen MR) is 92.5 cm³/mol. The molecule has 1 aliphatic heterocycles. The molecule has 23 heavy (non-hydrogen) atoms. The number of anilines is 1. The Morgan fingerprint density at radius 1 is 1.22 bits per heavy atom. The zero-order valence-electron chi connectivity index (χ0n) is 13.0. The molecular formula is C18H20N2O2S. The van der Waals surface area contributed by atoms with Crippen molar-refractivity contribution in [1.82, 2.24) is 5.32 Å². The molecule has 1 N–H and O–H groups in total. The topological polar surface area (TPSA) is 41.6 Å². The van der Waals surface area contributed by atoms with Gasteiger partial charge in [-0.2, -0.15) is 0 Å². The van der Waals surface area contributed by atoms with Crippen molar-refractivity contribution in [3.8, 4) is 0 Å². The third-order valence-corrected chi connectivity index (χ3v) is 5.54. The monoisotopic (exact) mass is 328 g/mol. The van der Waals surface area contributed by atoms with E-state index in [0.29, 0.717) is 0 Å². The summed E-state index contributed by atoms with van der Waals surface area (Å²) in [5, 5.41) is 5.32. The number of amides is 1. The van der Waals surface area contributed by atoms with Crippen LogP contribution in [0.1, 0.15) is 20.8 Å². The lowest BCUT2D eigenvalue weighted by Crippen LogP contribution is -2.37. The number of rotatable bonds is 3. The fourth-order valence-corrected chi connectivity index (χ4v) is 4.32. The van der Waals surface area contributed by atoms with E-state index < -0.39 is 0 Å². The Hall–Kier alpha value is -1.85. The lowest BCUT2D eigenvalue weighted by atomic mass is 10.1. The van der Waals surface area contributed by atoms with Gasteiger partial charge in [-0.3, -0.25) is 4.79 Å². The van der Waals surface area contributed by atoms with Gasteiger partial charge in [0.25, 0.3) is 5.91 Å². The summed E-state index contributed by atoms with van der Waals surface area (Å²) in [5.74, 6) is 0.0280. The average molecular weight is 328 g/mol. The Morgan fingerprint density at radius 3 is 2.91 bits per heavy atom. The zero-order valence-corrected chi connectivity index (χ0v) is 13.8. The van der Waals surface area contributed by atoms with Crippen LogP contribution in [-0.4, -0.2) is 38.3 Å². The van der Waals surface area contributed by atoms with Crippen LogP contribution in [0, 0.1) is 0 Å². The lowest BCUT2D eigenvalue weighted by Gasteiger charge is -2.29. The second-order valence-electron chi connectivity index (χ2n) is 6.10. The van der Waals surface area contributed by atoms with Crippen LogP contribution in [0.3, 0.4) is 0 Å². The van der Waals surface area contributed by atoms with Gasteiger partial charge in [0.05, 0.1) is 13.2 Å². The Kier molecular flexibility index (Phi) is 4.06. The van der Waals surface area contributed by atoms with Gasteiger partial charge < -0.3 is 15.0 Å². The minimum absolute atomic E-state index is 0.0280. The number of morpholine rings is 1. The number of carbonyl (C=O) groups excluding carboxylic acids is 1. The van der Waals surface area contributed by atoms with Gasteiger partial charge in [0.15, 0.2) is 0 Å². The number of nitrogens with one attached hydrogen (secondary N) is 1. The summed E-state index contributed by atoms with van der Waals surface area (Å²) in [4.78, 5) is 16.2. The first-order valence-corrected chi connectivity index (χ1v) is 8.96. The van der Waals surface area contributed by atoms with Crippen molar-refractivity contribution in [1.29, 1.82) is 0 Å². The zero-order chi connectivity index (χ0) is 15.6. The molecule has 0 spiro atoms. The molecule has 2 aromatic rings. The normalized spacial score (nSPS) is 20.3. The van der Waals surface area contributed by atoms with Gasteiger partial charge in [-0.25, -0.2) is 0 Å². The minimum atomic E-state index is 0.0280. The highest BCUT2D eigenvalue weighted by atomic mass is 32.1. The molecule has 1 fully saturated rings. The highest BCUT2D eigenvalue weighted by Gasteiger charge is 2.24. The molecule has 1 aromatic heterocycles. The number of nitrogens with zero attached hydrogens (tertiary/aromatic N) is 1. The first-order valence-electron chi connectivity index (χ1n) is 8.08. The summed E-state index contributed by atoms with van der Waals surface area (Å²) in [6, 6.07) is 10.3. The summed E-state index contributed by atoms with van der Waals surface area (Å²) >= 11 is 1.79. The van der Waals surface area contributed by atoms with E-state index in [0.717, 1.165) is 50.4 Å². The van der Waals surface area contributed by atoms with E-state index >= 15 is 0 Å². The average Bonchev–Trinajstić information content (AvgIpc) is 3.17. The van der Waals surface area contributed by atoms with Crippen LogP contribution >= 0.6 is 11.3 Å². The Bertz CT molecular complexity index is 686. The number of hydrogen-bond acceptors (Lipinski definition) is 4. The molecule has 4 rings (SSSR count). The van der Waals surface area contributed by atoms with Crippen LogP contribution in [0.4, 0.5) is 5.69 Å². The molecule has 1 aliphatic carbocycles. The van der Waals surface area contributed by atoms with Crippen LogP contribution in [-0.2, 0) is 17.6 Å². The molecule has 1 saturated heterocycles. The van der Waals surface area contributed by atoms with E-state index in [-0.39, 0.29) is 11.9 Å². The van der Waals surface area contributed by atoms with E-state index in [1.54, 1.807) is 11.3 Å². The molecule has 4 nitrogen and oxygen atoms in total. The second-order valence-corrected chi connectivity index (χ2v) is 7.10. The number of carbonyl (C=O) groups is 1. The molecule has 0 bridgehead atoms. The fourth-order valence-electron chi connectivity index (χ4n) is 3.33. The Labute approximate surface area is 140 Å². The largest absolute Gasteiger partial charge is 0.378 e. The number of ether oxygens (including phenoxy) is 1. The third kappa shape index (κ3) is 3.12. The first-order chi connectivity index (χ1) is 11.3. The van der Waals surface area contributed by atoms with Gasteiger partial charge in [-0.05, 0) is 41.6 Å². The molecule has 1 unspecified atom stereocenters. The molecule has 120 valence electrons. The van der Waals surface area contributed by atoms with E-state index in [1.807, 2.05) is 18.2 Å². The highest BCUT2D eigenvalue weighted by molar-refractivity contribution is 7.10. The smallest absolute Gasteiger partial charge is 0.251 e. The lowest BCUT2D eigenvalue weighted by molar-refractivity contribution is 0.0938. The summed E-state index contributed by atoms with van der Waals surface area (Å²) in [6.07, 6.45) is 1.91. The van der Waals surface area contributed by atoms with Crippen molar-refractivity contribution >= 4 is 22.9 Å². The molecule has 2 aliphatic rings. The fraction of sp³-hybridized carbons (Fsp3) is 0.389. The van der Waals surface area contributed by atoms with Crippen molar-refractivity contribution in [2.75, 3.05) is 31.2 Å². The van der Waals surface area contributed by atoms with Crippen molar-refractivity contribution in [2.45, 2.75) is 18.9 Å². The second kappa shape index (κ2) is 6.34. The Balaban J connectivity index is 1.43. The maximum absolute atomic E-state index is 12.6. The summed E-state index contributed by atoms with van der Waals surface area (Å²) in [7, 11) is 0. The van der Waals surface area contributed by atoms with Crippen LogP contribution in [0.2, 0.25) is 0 Å². The molecule has 1 atom stereocenters. The maximum atomic E-state index is 12.6. The SMILES string of the molecule is O=C(NC1Cc2ccsc2C1)c1cccc(N2CCOCC2)c1. The molecule has 0 saturated carbocycles. The Morgan fingerprint density at radius 2 is 2.09 bits per heavy atom. The first kappa shape index (κ1) is 14.7. The van der Waals surface area contributed by atoms with E-state index in [4.69, 9.17) is 4.74 Å². The van der Waals surface area contributed by atoms with Crippen molar-refractivity contribution in [2.24, 2.45) is 0 Å². The van der Waals surface area contributed by atoms with Crippen molar-refractivity contribution in [3.05, 3.63) is 51.7 Å².